The third-order valence-electron chi connectivity index (χ3n) is 5.13. The summed E-state index contributed by atoms with van der Waals surface area (Å²) >= 11 is 6.25. The van der Waals surface area contributed by atoms with E-state index in [1.54, 1.807) is 12.1 Å². The first-order valence-electron chi connectivity index (χ1n) is 9.28. The van der Waals surface area contributed by atoms with Crippen molar-refractivity contribution >= 4 is 17.5 Å². The lowest BCUT2D eigenvalue weighted by atomic mass is 10.0. The smallest absolute Gasteiger partial charge is 0.147 e. The van der Waals surface area contributed by atoms with Gasteiger partial charge in [-0.15, -0.1) is 0 Å². The predicted octanol–water partition coefficient (Wildman–Crippen LogP) is 4.43. The number of hydrogen-bond acceptors (Lipinski definition) is 4. The fourth-order valence-electron chi connectivity index (χ4n) is 3.46. The molecule has 2 aromatic rings. The second kappa shape index (κ2) is 8.78. The Hall–Kier alpha value is -2.33. The van der Waals surface area contributed by atoms with Gasteiger partial charge in [0.1, 0.15) is 29.9 Å². The largest absolute Gasteiger partial charge is 0.477 e. The molecule has 0 aromatic heterocycles. The van der Waals surface area contributed by atoms with Crippen molar-refractivity contribution in [1.82, 2.24) is 9.80 Å². The summed E-state index contributed by atoms with van der Waals surface area (Å²) in [5.41, 5.74) is 2.59. The number of rotatable bonds is 5. The molecule has 0 spiro atoms. The molecule has 3 rings (SSSR count). The van der Waals surface area contributed by atoms with Crippen LogP contribution in [0.1, 0.15) is 25.0 Å². The third kappa shape index (κ3) is 4.56. The highest BCUT2D eigenvalue weighted by Gasteiger charge is 2.34. The minimum absolute atomic E-state index is 0.0785. The van der Waals surface area contributed by atoms with E-state index in [1.165, 1.54) is 12.1 Å². The number of piperazine rings is 1. The lowest BCUT2D eigenvalue weighted by Gasteiger charge is -2.45. The zero-order valence-electron chi connectivity index (χ0n) is 16.3. The van der Waals surface area contributed by atoms with Gasteiger partial charge in [-0.2, -0.15) is 0 Å². The van der Waals surface area contributed by atoms with Crippen LogP contribution in [0.5, 0.6) is 5.75 Å². The number of carbonyl (C=O) groups excluding carboxylic acids is 1. The number of aryl methyl sites for hydroxylation is 1. The van der Waals surface area contributed by atoms with Crippen molar-refractivity contribution < 1.29 is 13.9 Å². The van der Waals surface area contributed by atoms with Gasteiger partial charge in [-0.1, -0.05) is 29.8 Å². The Morgan fingerprint density at radius 3 is 2.57 bits per heavy atom. The molecule has 1 saturated heterocycles. The molecule has 0 saturated carbocycles. The minimum Gasteiger partial charge on any atom is -0.477 e. The van der Waals surface area contributed by atoms with Gasteiger partial charge >= 0.3 is 0 Å². The topological polar surface area (TPSA) is 32.8 Å². The summed E-state index contributed by atoms with van der Waals surface area (Å²) in [5.74, 6) is 2.46. The van der Waals surface area contributed by atoms with Gasteiger partial charge in [0.25, 0.3) is 0 Å². The average molecular weight is 403 g/mol. The molecule has 0 aliphatic carbocycles. The molecule has 2 atom stereocenters. The molecule has 0 amide bonds. The fourth-order valence-corrected chi connectivity index (χ4v) is 3.75. The zero-order valence-corrected chi connectivity index (χ0v) is 17.0. The number of halogens is 2. The van der Waals surface area contributed by atoms with Gasteiger partial charge < -0.3 is 9.64 Å². The summed E-state index contributed by atoms with van der Waals surface area (Å²) in [7, 11) is 0. The Labute approximate surface area is 170 Å². The summed E-state index contributed by atoms with van der Waals surface area (Å²) < 4.78 is 19.1. The van der Waals surface area contributed by atoms with E-state index in [2.05, 4.69) is 17.8 Å². The summed E-state index contributed by atoms with van der Waals surface area (Å²) in [5, 5.41) is 0.571. The van der Waals surface area contributed by atoms with Crippen molar-refractivity contribution in [3.63, 3.8) is 0 Å². The highest BCUT2D eigenvalue weighted by atomic mass is 35.5. The van der Waals surface area contributed by atoms with Crippen LogP contribution >= 0.6 is 11.6 Å². The molecular weight excluding hydrogens is 379 g/mol. The number of ether oxygens (including phenoxy) is 1. The van der Waals surface area contributed by atoms with Crippen LogP contribution in [0.2, 0.25) is 5.02 Å². The Bertz CT molecular complexity index is 881. The SMILES string of the molecule is Cc1ccc(OCN2C[C@@H](C)N(Cc3ccc(F)cc3)C(=C=O)[C@@H]2C)c(Cl)c1. The summed E-state index contributed by atoms with van der Waals surface area (Å²) in [6.07, 6.45) is 0. The van der Waals surface area contributed by atoms with Crippen molar-refractivity contribution in [2.45, 2.75) is 39.4 Å². The molecule has 6 heteroatoms. The van der Waals surface area contributed by atoms with Crippen LogP contribution < -0.4 is 4.74 Å². The molecule has 1 aliphatic heterocycles. The Morgan fingerprint density at radius 1 is 1.21 bits per heavy atom. The number of nitrogens with zero attached hydrogens (tertiary/aromatic N) is 2. The number of hydrogen-bond donors (Lipinski definition) is 0. The molecule has 0 N–H and O–H groups in total. The first kappa shape index (κ1) is 20.4. The van der Waals surface area contributed by atoms with Crippen LogP contribution in [0.3, 0.4) is 0 Å². The molecule has 1 heterocycles. The standard InChI is InChI=1S/C22H24ClFN2O2/c1-15-4-9-22(20(23)10-15)28-14-25-11-16(2)26(21(13-27)17(25)3)12-18-5-7-19(24)8-6-18/h4-10,16-17H,11-12,14H2,1-3H3/t16-,17+/m1/s1. The van der Waals surface area contributed by atoms with Gasteiger partial charge in [-0.05, 0) is 56.2 Å². The molecule has 0 radical (unpaired) electrons. The van der Waals surface area contributed by atoms with Gasteiger partial charge in [0.05, 0.1) is 11.1 Å². The predicted molar refractivity (Wildman–Crippen MR) is 108 cm³/mol. The van der Waals surface area contributed by atoms with Crippen molar-refractivity contribution in [2.24, 2.45) is 0 Å². The maximum Gasteiger partial charge on any atom is 0.147 e. The van der Waals surface area contributed by atoms with Crippen LogP contribution in [0, 0.1) is 12.7 Å². The molecule has 4 nitrogen and oxygen atoms in total. The maximum absolute atomic E-state index is 13.2. The first-order chi connectivity index (χ1) is 13.4. The van der Waals surface area contributed by atoms with Crippen LogP contribution in [0.25, 0.3) is 0 Å². The van der Waals surface area contributed by atoms with Crippen molar-refractivity contribution in [3.8, 4) is 5.75 Å². The van der Waals surface area contributed by atoms with E-state index in [1.807, 2.05) is 36.9 Å². The molecule has 2 aromatic carbocycles. The lowest BCUT2D eigenvalue weighted by molar-refractivity contribution is 0.0286. The molecule has 1 aliphatic rings. The normalized spacial score (nSPS) is 20.2. The molecule has 0 unspecified atom stereocenters. The van der Waals surface area contributed by atoms with E-state index in [-0.39, 0.29) is 17.9 Å². The third-order valence-corrected chi connectivity index (χ3v) is 5.42. The summed E-state index contributed by atoms with van der Waals surface area (Å²) in [4.78, 5) is 15.8. The van der Waals surface area contributed by atoms with Gasteiger partial charge in [0.2, 0.25) is 0 Å². The van der Waals surface area contributed by atoms with Gasteiger partial charge in [0, 0.05) is 19.1 Å². The lowest BCUT2D eigenvalue weighted by Crippen LogP contribution is -2.55. The van der Waals surface area contributed by atoms with Crippen LogP contribution in [0.4, 0.5) is 4.39 Å². The van der Waals surface area contributed by atoms with E-state index < -0.39 is 0 Å². The van der Waals surface area contributed by atoms with Gasteiger partial charge in [-0.3, -0.25) is 4.90 Å². The molecule has 1 fully saturated rings. The van der Waals surface area contributed by atoms with E-state index in [4.69, 9.17) is 16.3 Å². The van der Waals surface area contributed by atoms with Crippen molar-refractivity contribution in [1.29, 1.82) is 0 Å². The van der Waals surface area contributed by atoms with Gasteiger partial charge in [0.15, 0.2) is 0 Å². The second-order valence-corrected chi connectivity index (χ2v) is 7.65. The monoisotopic (exact) mass is 402 g/mol. The fraction of sp³-hybridized carbons (Fsp3) is 0.364. The maximum atomic E-state index is 13.2. The van der Waals surface area contributed by atoms with Crippen LogP contribution in [-0.4, -0.2) is 41.1 Å². The summed E-state index contributed by atoms with van der Waals surface area (Å²) in [6.45, 7) is 7.57. The Morgan fingerprint density at radius 2 is 1.93 bits per heavy atom. The van der Waals surface area contributed by atoms with Crippen LogP contribution in [-0.2, 0) is 11.3 Å². The highest BCUT2D eigenvalue weighted by molar-refractivity contribution is 6.32. The van der Waals surface area contributed by atoms with Gasteiger partial charge in [-0.25, -0.2) is 9.18 Å². The van der Waals surface area contributed by atoms with Crippen molar-refractivity contribution in [3.05, 3.63) is 70.1 Å². The molecule has 148 valence electrons. The number of benzene rings is 2. The van der Waals surface area contributed by atoms with E-state index in [9.17, 15) is 9.18 Å². The van der Waals surface area contributed by atoms with E-state index in [0.717, 1.165) is 17.7 Å². The quantitative estimate of drug-likeness (QED) is 0.692. The Kier molecular flexibility index (Phi) is 6.40. The van der Waals surface area contributed by atoms with E-state index in [0.29, 0.717) is 29.7 Å². The zero-order chi connectivity index (χ0) is 20.3. The summed E-state index contributed by atoms with van der Waals surface area (Å²) in [6, 6.07) is 11.9. The second-order valence-electron chi connectivity index (χ2n) is 7.25. The highest BCUT2D eigenvalue weighted by Crippen LogP contribution is 2.28. The van der Waals surface area contributed by atoms with Crippen molar-refractivity contribution in [2.75, 3.05) is 13.3 Å². The molecule has 28 heavy (non-hydrogen) atoms. The average Bonchev–Trinajstić information content (AvgIpc) is 2.66. The Balaban J connectivity index is 1.70. The minimum atomic E-state index is -0.270. The molecular formula is C22H24ClFN2O2. The van der Waals surface area contributed by atoms with E-state index >= 15 is 0 Å². The first-order valence-corrected chi connectivity index (χ1v) is 9.66. The molecule has 0 bridgehead atoms. The van der Waals surface area contributed by atoms with Crippen LogP contribution in [0.15, 0.2) is 48.2 Å².